The number of halogens is 5. The van der Waals surface area contributed by atoms with E-state index in [1.807, 2.05) is 0 Å². The second kappa shape index (κ2) is 6.02. The number of carboxylic acids is 1. The number of carbonyl (C=O) groups is 1. The molecule has 0 bridgehead atoms. The highest BCUT2D eigenvalue weighted by Gasteiger charge is 2.37. The first-order valence-corrected chi connectivity index (χ1v) is 7.28. The van der Waals surface area contributed by atoms with Crippen LogP contribution < -0.4 is 4.74 Å². The van der Waals surface area contributed by atoms with Crippen LogP contribution in [0.5, 0.6) is 11.5 Å². The minimum Gasteiger partial charge on any atom is -0.477 e. The van der Waals surface area contributed by atoms with Crippen molar-refractivity contribution in [1.29, 1.82) is 0 Å². The summed E-state index contributed by atoms with van der Waals surface area (Å²) in [5.41, 5.74) is -2.45. The Bertz CT molecular complexity index is 841. The Kier molecular flexibility index (Phi) is 4.14. The Morgan fingerprint density at radius 2 is 1.72 bits per heavy atom. The molecule has 2 aromatic carbocycles. The molecule has 0 saturated heterocycles. The van der Waals surface area contributed by atoms with Crippen LogP contribution >= 0.6 is 0 Å². The Hall–Kier alpha value is -2.64. The van der Waals surface area contributed by atoms with Crippen LogP contribution in [-0.4, -0.2) is 11.1 Å². The number of hydrogen-bond donors (Lipinski definition) is 1. The van der Waals surface area contributed by atoms with Gasteiger partial charge in [0.2, 0.25) is 0 Å². The zero-order chi connectivity index (χ0) is 18.4. The molecular formula is C17H11F5O3. The highest BCUT2D eigenvalue weighted by molar-refractivity contribution is 5.91. The predicted octanol–water partition coefficient (Wildman–Crippen LogP) is 5.35. The van der Waals surface area contributed by atoms with Gasteiger partial charge in [-0.25, -0.2) is 13.6 Å². The molecule has 3 rings (SSSR count). The molecule has 1 saturated carbocycles. The average molecular weight is 358 g/mol. The Morgan fingerprint density at radius 3 is 2.28 bits per heavy atom. The third-order valence-electron chi connectivity index (χ3n) is 3.83. The van der Waals surface area contributed by atoms with Gasteiger partial charge in [0.15, 0.2) is 5.82 Å². The summed E-state index contributed by atoms with van der Waals surface area (Å²) in [5.74, 6) is -4.80. The van der Waals surface area contributed by atoms with Gasteiger partial charge in [0.1, 0.15) is 22.9 Å². The van der Waals surface area contributed by atoms with Crippen molar-refractivity contribution in [3.05, 3.63) is 58.7 Å². The lowest BCUT2D eigenvalue weighted by Crippen LogP contribution is -2.13. The Balaban J connectivity index is 2.07. The van der Waals surface area contributed by atoms with Crippen molar-refractivity contribution in [3.8, 4) is 11.5 Å². The summed E-state index contributed by atoms with van der Waals surface area (Å²) in [7, 11) is 0. The molecule has 0 aromatic heterocycles. The minimum atomic E-state index is -5.04. The van der Waals surface area contributed by atoms with Crippen molar-refractivity contribution in [1.82, 2.24) is 0 Å². The van der Waals surface area contributed by atoms with Crippen LogP contribution in [0.15, 0.2) is 30.3 Å². The largest absolute Gasteiger partial charge is 0.477 e. The van der Waals surface area contributed by atoms with Crippen LogP contribution in [0.25, 0.3) is 0 Å². The van der Waals surface area contributed by atoms with Gasteiger partial charge in [-0.3, -0.25) is 0 Å². The lowest BCUT2D eigenvalue weighted by atomic mass is 10.1. The molecule has 25 heavy (non-hydrogen) atoms. The fourth-order valence-corrected chi connectivity index (χ4v) is 2.51. The van der Waals surface area contributed by atoms with E-state index in [4.69, 9.17) is 9.84 Å². The van der Waals surface area contributed by atoms with Crippen molar-refractivity contribution in [2.75, 3.05) is 0 Å². The molecule has 0 spiro atoms. The molecule has 132 valence electrons. The number of carboxylic acid groups (broad SMARTS) is 1. The van der Waals surface area contributed by atoms with Crippen LogP contribution in [0.1, 0.15) is 40.2 Å². The van der Waals surface area contributed by atoms with Crippen LogP contribution in [0.3, 0.4) is 0 Å². The molecule has 1 fully saturated rings. The molecule has 0 radical (unpaired) electrons. The van der Waals surface area contributed by atoms with E-state index in [2.05, 4.69) is 0 Å². The lowest BCUT2D eigenvalue weighted by Gasteiger charge is -2.15. The molecule has 3 nitrogen and oxygen atoms in total. The maximum Gasteiger partial charge on any atom is 0.419 e. The van der Waals surface area contributed by atoms with Gasteiger partial charge < -0.3 is 9.84 Å². The third kappa shape index (κ3) is 3.42. The number of alkyl halides is 3. The maximum absolute atomic E-state index is 14.1. The van der Waals surface area contributed by atoms with Crippen molar-refractivity contribution in [3.63, 3.8) is 0 Å². The lowest BCUT2D eigenvalue weighted by molar-refractivity contribution is -0.140. The van der Waals surface area contributed by atoms with E-state index in [0.717, 1.165) is 25.0 Å². The van der Waals surface area contributed by atoms with Crippen LogP contribution in [0.2, 0.25) is 0 Å². The normalized spacial score (nSPS) is 14.4. The maximum atomic E-state index is 14.1. The molecule has 1 N–H and O–H groups in total. The quantitative estimate of drug-likeness (QED) is 0.750. The average Bonchev–Trinajstić information content (AvgIpc) is 3.32. The van der Waals surface area contributed by atoms with Crippen LogP contribution in [-0.2, 0) is 6.18 Å². The second-order valence-electron chi connectivity index (χ2n) is 5.66. The van der Waals surface area contributed by atoms with Crippen molar-refractivity contribution in [2.45, 2.75) is 24.9 Å². The first-order valence-electron chi connectivity index (χ1n) is 7.28. The summed E-state index contributed by atoms with van der Waals surface area (Å²) in [6.07, 6.45) is -3.47. The van der Waals surface area contributed by atoms with Crippen molar-refractivity contribution >= 4 is 5.97 Å². The van der Waals surface area contributed by atoms with E-state index < -0.39 is 40.7 Å². The number of rotatable bonds is 4. The zero-order valence-corrected chi connectivity index (χ0v) is 12.5. The van der Waals surface area contributed by atoms with Gasteiger partial charge in [-0.2, -0.15) is 13.2 Å². The summed E-state index contributed by atoms with van der Waals surface area (Å²) >= 11 is 0. The molecule has 2 aromatic rings. The highest BCUT2D eigenvalue weighted by Crippen LogP contribution is 2.46. The molecule has 0 aliphatic heterocycles. The summed E-state index contributed by atoms with van der Waals surface area (Å²) in [6.45, 7) is 0. The van der Waals surface area contributed by atoms with Gasteiger partial charge in [0.05, 0.1) is 5.56 Å². The van der Waals surface area contributed by atoms with Gasteiger partial charge in [0.25, 0.3) is 0 Å². The molecule has 0 atom stereocenters. The molecule has 0 heterocycles. The number of hydrogen-bond acceptors (Lipinski definition) is 2. The first kappa shape index (κ1) is 17.2. The molecule has 0 unspecified atom stereocenters. The third-order valence-corrected chi connectivity index (χ3v) is 3.83. The Labute approximate surface area is 138 Å². The van der Waals surface area contributed by atoms with E-state index in [9.17, 15) is 26.7 Å². The van der Waals surface area contributed by atoms with Crippen LogP contribution in [0, 0.1) is 11.6 Å². The van der Waals surface area contributed by atoms with E-state index in [0.29, 0.717) is 11.6 Å². The molecular weight excluding hydrogens is 347 g/mol. The molecule has 8 heteroatoms. The number of ether oxygens (including phenoxy) is 1. The van der Waals surface area contributed by atoms with Gasteiger partial charge >= 0.3 is 12.1 Å². The van der Waals surface area contributed by atoms with Crippen molar-refractivity contribution in [2.24, 2.45) is 0 Å². The standard InChI is InChI=1S/C17H11F5O3/c18-9-3-5-12(10(7-9)8-1-2-8)25-13-6-4-11(17(20,21)22)15(19)14(13)16(23)24/h3-8H,1-2H2,(H,23,24). The monoisotopic (exact) mass is 358 g/mol. The second-order valence-corrected chi connectivity index (χ2v) is 5.66. The molecule has 0 amide bonds. The summed E-state index contributed by atoms with van der Waals surface area (Å²) in [4.78, 5) is 11.2. The fourth-order valence-electron chi connectivity index (χ4n) is 2.51. The first-order chi connectivity index (χ1) is 11.7. The number of benzene rings is 2. The van der Waals surface area contributed by atoms with Crippen molar-refractivity contribution < 1.29 is 36.6 Å². The van der Waals surface area contributed by atoms with Crippen LogP contribution in [0.4, 0.5) is 22.0 Å². The van der Waals surface area contributed by atoms with Gasteiger partial charge in [-0.15, -0.1) is 0 Å². The van der Waals surface area contributed by atoms with Gasteiger partial charge in [0, 0.05) is 5.56 Å². The topological polar surface area (TPSA) is 46.5 Å². The smallest absolute Gasteiger partial charge is 0.419 e. The molecule has 1 aliphatic rings. The summed E-state index contributed by atoms with van der Waals surface area (Å²) in [5, 5.41) is 9.10. The minimum absolute atomic E-state index is 0.0262. The summed E-state index contributed by atoms with van der Waals surface area (Å²) < 4.78 is 71.1. The van der Waals surface area contributed by atoms with E-state index in [1.54, 1.807) is 0 Å². The number of aromatic carboxylic acids is 1. The SMILES string of the molecule is O=C(O)c1c(Oc2ccc(F)cc2C2CC2)ccc(C(F)(F)F)c1F. The van der Waals surface area contributed by atoms with Gasteiger partial charge in [-0.1, -0.05) is 0 Å². The summed E-state index contributed by atoms with van der Waals surface area (Å²) in [6, 6.07) is 4.69. The molecule has 1 aliphatic carbocycles. The highest BCUT2D eigenvalue weighted by atomic mass is 19.4. The Morgan fingerprint density at radius 1 is 1.08 bits per heavy atom. The fraction of sp³-hybridized carbons (Fsp3) is 0.235. The van der Waals surface area contributed by atoms with E-state index >= 15 is 0 Å². The van der Waals surface area contributed by atoms with Gasteiger partial charge in [-0.05, 0) is 49.1 Å². The zero-order valence-electron chi connectivity index (χ0n) is 12.5. The predicted molar refractivity (Wildman–Crippen MR) is 76.8 cm³/mol. The van der Waals surface area contributed by atoms with E-state index in [1.165, 1.54) is 12.1 Å². The van der Waals surface area contributed by atoms with E-state index in [-0.39, 0.29) is 11.7 Å².